The van der Waals surface area contributed by atoms with Crippen LogP contribution in [0.4, 0.5) is 5.69 Å². The Balaban J connectivity index is 1.35. The van der Waals surface area contributed by atoms with Gasteiger partial charge in [0.15, 0.2) is 0 Å². The number of carbonyl (C=O) groups excluding carboxylic acids is 3. The molecule has 0 unspecified atom stereocenters. The quantitative estimate of drug-likeness (QED) is 0.542. The number of hydrogen-bond donors (Lipinski definition) is 0. The number of halogens is 1. The Morgan fingerprint density at radius 1 is 0.903 bits per heavy atom. The molecule has 0 aromatic heterocycles. The highest BCUT2D eigenvalue weighted by Gasteiger charge is 2.67. The number of para-hydroxylation sites is 1. The van der Waals surface area contributed by atoms with E-state index < -0.39 is 0 Å². The summed E-state index contributed by atoms with van der Waals surface area (Å²) < 4.78 is 0. The maximum atomic E-state index is 13.5. The molecule has 6 heteroatoms. The van der Waals surface area contributed by atoms with Gasteiger partial charge in [-0.2, -0.15) is 0 Å². The molecule has 2 aromatic rings. The van der Waals surface area contributed by atoms with Crippen LogP contribution in [-0.4, -0.2) is 29.3 Å². The minimum absolute atomic E-state index is 0.104. The van der Waals surface area contributed by atoms with Gasteiger partial charge < -0.3 is 0 Å². The summed E-state index contributed by atoms with van der Waals surface area (Å²) in [6, 6.07) is 15.9. The molecule has 1 heterocycles. The van der Waals surface area contributed by atoms with Crippen molar-refractivity contribution in [1.82, 2.24) is 4.90 Å². The van der Waals surface area contributed by atoms with Gasteiger partial charge in [-0.15, -0.1) is 0 Å². The van der Waals surface area contributed by atoms with E-state index >= 15 is 0 Å². The van der Waals surface area contributed by atoms with Crippen LogP contribution >= 0.6 is 11.6 Å². The first-order valence-electron chi connectivity index (χ1n) is 10.7. The van der Waals surface area contributed by atoms with Gasteiger partial charge in [0.25, 0.3) is 5.91 Å². The molecule has 2 aromatic carbocycles. The number of hydrogen-bond acceptors (Lipinski definition) is 3. The van der Waals surface area contributed by atoms with Crippen molar-refractivity contribution < 1.29 is 14.4 Å². The maximum absolute atomic E-state index is 13.5. The van der Waals surface area contributed by atoms with Crippen LogP contribution in [0.1, 0.15) is 16.8 Å². The zero-order valence-corrected chi connectivity index (χ0v) is 17.5. The molecule has 1 saturated heterocycles. The molecule has 1 aliphatic heterocycles. The summed E-state index contributed by atoms with van der Waals surface area (Å²) in [7, 11) is 0. The predicted octanol–water partition coefficient (Wildman–Crippen LogP) is 4.00. The third-order valence-electron chi connectivity index (χ3n) is 7.45. The third kappa shape index (κ3) is 2.72. The number of allylic oxidation sites excluding steroid dienone is 2. The van der Waals surface area contributed by atoms with E-state index in [1.54, 1.807) is 36.4 Å². The van der Waals surface area contributed by atoms with Crippen molar-refractivity contribution in [2.45, 2.75) is 6.42 Å². The molecule has 7 rings (SSSR count). The van der Waals surface area contributed by atoms with Gasteiger partial charge in [0.1, 0.15) is 6.67 Å². The van der Waals surface area contributed by atoms with Crippen LogP contribution in [0.2, 0.25) is 5.02 Å². The van der Waals surface area contributed by atoms with E-state index in [0.29, 0.717) is 28.1 Å². The standard InChI is InChI=1S/C25H21ClN2O3/c26-20-9-5-4-8-17(20)23(29)27(14-6-2-1-3-7-14)13-28-24(30)21-15-10-11-16(19-12-18(15)19)22(21)25(28)31/h1-11,15-16,18-19,21-22H,12-13H2/t15-,16-,18-,19-,21-,22+/m1/s1. The highest BCUT2D eigenvalue weighted by Crippen LogP contribution is 2.65. The summed E-state index contributed by atoms with van der Waals surface area (Å²) in [5, 5.41) is 0.337. The normalized spacial score (nSPS) is 32.1. The molecule has 3 fully saturated rings. The number of benzene rings is 2. The molecule has 4 aliphatic carbocycles. The predicted molar refractivity (Wildman–Crippen MR) is 116 cm³/mol. The number of imide groups is 1. The molecular formula is C25H21ClN2O3. The lowest BCUT2D eigenvalue weighted by Crippen LogP contribution is -2.45. The molecule has 6 atom stereocenters. The van der Waals surface area contributed by atoms with Crippen LogP contribution in [0.5, 0.6) is 0 Å². The number of anilines is 1. The second kappa shape index (κ2) is 6.79. The lowest BCUT2D eigenvalue weighted by molar-refractivity contribution is -0.140. The van der Waals surface area contributed by atoms with Gasteiger partial charge >= 0.3 is 0 Å². The summed E-state index contributed by atoms with van der Waals surface area (Å²) in [5.41, 5.74) is 0.958. The molecule has 0 N–H and O–H groups in total. The minimum Gasteiger partial charge on any atom is -0.290 e. The fourth-order valence-electron chi connectivity index (χ4n) is 5.95. The monoisotopic (exact) mass is 432 g/mol. The molecule has 0 radical (unpaired) electrons. The van der Waals surface area contributed by atoms with E-state index in [2.05, 4.69) is 12.2 Å². The number of carbonyl (C=O) groups is 3. The lowest BCUT2D eigenvalue weighted by Gasteiger charge is -2.37. The fourth-order valence-corrected chi connectivity index (χ4v) is 6.17. The van der Waals surface area contributed by atoms with Crippen molar-refractivity contribution in [3.8, 4) is 0 Å². The molecule has 5 aliphatic rings. The highest BCUT2D eigenvalue weighted by atomic mass is 35.5. The zero-order valence-electron chi connectivity index (χ0n) is 16.7. The first kappa shape index (κ1) is 18.8. The van der Waals surface area contributed by atoms with E-state index in [0.717, 1.165) is 6.42 Å². The van der Waals surface area contributed by atoms with Crippen LogP contribution in [0.3, 0.4) is 0 Å². The molecular weight excluding hydrogens is 412 g/mol. The molecule has 0 spiro atoms. The molecule has 2 bridgehead atoms. The zero-order chi connectivity index (χ0) is 21.3. The van der Waals surface area contributed by atoms with Gasteiger partial charge in [-0.25, -0.2) is 0 Å². The van der Waals surface area contributed by atoms with Crippen molar-refractivity contribution in [3.05, 3.63) is 77.3 Å². The molecule has 3 amide bonds. The first-order chi connectivity index (χ1) is 15.1. The summed E-state index contributed by atoms with van der Waals surface area (Å²) in [5.74, 6) is 0.220. The van der Waals surface area contributed by atoms with Gasteiger partial charge in [-0.1, -0.05) is 54.1 Å². The molecule has 2 saturated carbocycles. The largest absolute Gasteiger partial charge is 0.290 e. The van der Waals surface area contributed by atoms with E-state index in [4.69, 9.17) is 11.6 Å². The third-order valence-corrected chi connectivity index (χ3v) is 7.78. The Morgan fingerprint density at radius 3 is 2.10 bits per heavy atom. The number of likely N-dealkylation sites (tertiary alicyclic amines) is 1. The van der Waals surface area contributed by atoms with Gasteiger partial charge in [-0.3, -0.25) is 24.2 Å². The summed E-state index contributed by atoms with van der Waals surface area (Å²) in [4.78, 5) is 43.0. The lowest BCUT2D eigenvalue weighted by atomic mass is 9.63. The average molecular weight is 433 g/mol. The van der Waals surface area contributed by atoms with Crippen LogP contribution < -0.4 is 4.90 Å². The van der Waals surface area contributed by atoms with E-state index in [-0.39, 0.29) is 48.1 Å². The van der Waals surface area contributed by atoms with Crippen molar-refractivity contribution in [3.63, 3.8) is 0 Å². The summed E-state index contributed by atoms with van der Waals surface area (Å²) >= 11 is 6.29. The second-order valence-electron chi connectivity index (χ2n) is 8.95. The van der Waals surface area contributed by atoms with Crippen LogP contribution in [0.25, 0.3) is 0 Å². The van der Waals surface area contributed by atoms with E-state index in [9.17, 15) is 14.4 Å². The Kier molecular flexibility index (Phi) is 4.12. The number of amides is 3. The van der Waals surface area contributed by atoms with Crippen molar-refractivity contribution in [1.29, 1.82) is 0 Å². The van der Waals surface area contributed by atoms with E-state index in [1.807, 2.05) is 18.2 Å². The molecule has 31 heavy (non-hydrogen) atoms. The molecule has 156 valence electrons. The van der Waals surface area contributed by atoms with Crippen LogP contribution in [0, 0.1) is 35.5 Å². The summed E-state index contributed by atoms with van der Waals surface area (Å²) in [6.07, 6.45) is 5.42. The number of rotatable bonds is 4. The smallest absolute Gasteiger partial charge is 0.261 e. The molecule has 5 nitrogen and oxygen atoms in total. The Morgan fingerprint density at radius 2 is 1.48 bits per heavy atom. The Hall–Kier alpha value is -2.92. The highest BCUT2D eigenvalue weighted by molar-refractivity contribution is 6.34. The van der Waals surface area contributed by atoms with Crippen LogP contribution in [-0.2, 0) is 9.59 Å². The van der Waals surface area contributed by atoms with Crippen LogP contribution in [0.15, 0.2) is 66.7 Å². The van der Waals surface area contributed by atoms with Crippen molar-refractivity contribution >= 4 is 35.0 Å². The SMILES string of the molecule is O=C1[C@@H]2[C@@H]3C=C[C@H]([C@H]4C[C@H]34)[C@@H]2C(=O)N1CN(C(=O)c1ccccc1Cl)c1ccccc1. The Labute approximate surface area is 185 Å². The Bertz CT molecular complexity index is 1090. The summed E-state index contributed by atoms with van der Waals surface area (Å²) in [6.45, 7) is -0.104. The van der Waals surface area contributed by atoms with Gasteiger partial charge in [0, 0.05) is 5.69 Å². The minimum atomic E-state index is -0.337. The van der Waals surface area contributed by atoms with Crippen molar-refractivity contribution in [2.24, 2.45) is 35.5 Å². The average Bonchev–Trinajstić information content (AvgIpc) is 3.58. The fraction of sp³-hybridized carbons (Fsp3) is 0.320. The van der Waals surface area contributed by atoms with Crippen molar-refractivity contribution in [2.75, 3.05) is 11.6 Å². The van der Waals surface area contributed by atoms with Gasteiger partial charge in [0.2, 0.25) is 11.8 Å². The first-order valence-corrected chi connectivity index (χ1v) is 11.1. The van der Waals surface area contributed by atoms with Gasteiger partial charge in [-0.05, 0) is 54.4 Å². The second-order valence-corrected chi connectivity index (χ2v) is 9.36. The topological polar surface area (TPSA) is 57.7 Å². The van der Waals surface area contributed by atoms with Gasteiger partial charge in [0.05, 0.1) is 22.4 Å². The maximum Gasteiger partial charge on any atom is 0.261 e. The number of nitrogens with zero attached hydrogens (tertiary/aromatic N) is 2. The van der Waals surface area contributed by atoms with E-state index in [1.165, 1.54) is 9.80 Å².